The number of methoxy groups -OCH3 is 1. The van der Waals surface area contributed by atoms with E-state index >= 15 is 0 Å². The van der Waals surface area contributed by atoms with Crippen LogP contribution < -0.4 is 19.5 Å². The lowest BCUT2D eigenvalue weighted by Crippen LogP contribution is -2.20. The topological polar surface area (TPSA) is 59.2 Å². The molecular weight excluding hydrogens is 393 g/mol. The van der Waals surface area contributed by atoms with Crippen molar-refractivity contribution in [3.63, 3.8) is 0 Å². The minimum absolute atomic E-state index is 0.215. The number of benzene rings is 2. The SMILES string of the molecule is COc1ccc(C(=O)/C=c2/[nH]c(=O)/c(=C/c3c(Cl)cccc3Cl)s2)cc1. The van der Waals surface area contributed by atoms with Gasteiger partial charge in [0.1, 0.15) is 5.75 Å². The highest BCUT2D eigenvalue weighted by Crippen LogP contribution is 2.24. The summed E-state index contributed by atoms with van der Waals surface area (Å²) in [5, 5.41) is 0.898. The zero-order chi connectivity index (χ0) is 18.7. The van der Waals surface area contributed by atoms with Crippen LogP contribution in [-0.4, -0.2) is 17.9 Å². The predicted molar refractivity (Wildman–Crippen MR) is 106 cm³/mol. The summed E-state index contributed by atoms with van der Waals surface area (Å²) in [4.78, 5) is 27.2. The molecule has 0 amide bonds. The smallest absolute Gasteiger partial charge is 0.266 e. The molecule has 0 radical (unpaired) electrons. The molecule has 0 spiro atoms. The standard InChI is InChI=1S/C19H13Cl2NO3S/c1-25-12-7-5-11(6-8-12)16(23)10-18-22-19(24)17(26-18)9-13-14(20)3-2-4-15(13)21/h2-10H,1H3,(H,22,24)/b17-9-,18-10-. The summed E-state index contributed by atoms with van der Waals surface area (Å²) in [6.45, 7) is 0. The third kappa shape index (κ3) is 4.07. The minimum atomic E-state index is -0.306. The van der Waals surface area contributed by atoms with Gasteiger partial charge in [0.25, 0.3) is 5.56 Å². The Morgan fingerprint density at radius 2 is 1.77 bits per heavy atom. The molecule has 3 rings (SSSR count). The third-order valence-electron chi connectivity index (χ3n) is 3.59. The number of Topliss-reactive ketones (excluding diaryl/α,β-unsaturated/α-hetero) is 1. The Bertz CT molecular complexity index is 1110. The Kier molecular flexibility index (Phi) is 5.61. The molecule has 0 unspecified atom stereocenters. The highest BCUT2D eigenvalue weighted by atomic mass is 35.5. The van der Waals surface area contributed by atoms with E-state index in [-0.39, 0.29) is 11.3 Å². The quantitative estimate of drug-likeness (QED) is 0.677. The number of ketones is 1. The van der Waals surface area contributed by atoms with Gasteiger partial charge in [-0.15, -0.1) is 11.3 Å². The van der Waals surface area contributed by atoms with Crippen molar-refractivity contribution in [3.8, 4) is 5.75 Å². The van der Waals surface area contributed by atoms with E-state index in [0.29, 0.717) is 36.1 Å². The first kappa shape index (κ1) is 18.5. The van der Waals surface area contributed by atoms with Crippen LogP contribution in [0.15, 0.2) is 47.3 Å². The fourth-order valence-corrected chi connectivity index (χ4v) is 3.64. The highest BCUT2D eigenvalue weighted by molar-refractivity contribution is 7.07. The molecule has 1 heterocycles. The van der Waals surface area contributed by atoms with E-state index < -0.39 is 0 Å². The number of hydrogen-bond donors (Lipinski definition) is 1. The monoisotopic (exact) mass is 405 g/mol. The van der Waals surface area contributed by atoms with Gasteiger partial charge >= 0.3 is 0 Å². The Labute approximate surface area is 163 Å². The van der Waals surface area contributed by atoms with E-state index in [1.54, 1.807) is 55.7 Å². The van der Waals surface area contributed by atoms with E-state index in [9.17, 15) is 9.59 Å². The summed E-state index contributed by atoms with van der Waals surface area (Å²) in [5.41, 5.74) is 0.760. The van der Waals surface area contributed by atoms with Crippen LogP contribution >= 0.6 is 34.5 Å². The van der Waals surface area contributed by atoms with Crippen molar-refractivity contribution in [1.82, 2.24) is 4.98 Å². The van der Waals surface area contributed by atoms with E-state index in [1.165, 1.54) is 6.08 Å². The molecule has 132 valence electrons. The van der Waals surface area contributed by atoms with E-state index in [1.807, 2.05) is 0 Å². The first-order chi connectivity index (χ1) is 12.5. The number of halogens is 2. The van der Waals surface area contributed by atoms with Gasteiger partial charge < -0.3 is 9.72 Å². The van der Waals surface area contributed by atoms with Gasteiger partial charge in [-0.3, -0.25) is 9.59 Å². The molecule has 0 saturated heterocycles. The second kappa shape index (κ2) is 7.91. The van der Waals surface area contributed by atoms with Crippen LogP contribution in [0.4, 0.5) is 0 Å². The summed E-state index contributed by atoms with van der Waals surface area (Å²) >= 11 is 13.4. The number of thiazole rings is 1. The Morgan fingerprint density at radius 1 is 1.12 bits per heavy atom. The molecule has 0 aliphatic carbocycles. The maximum absolute atomic E-state index is 12.3. The molecule has 0 saturated carbocycles. The fraction of sp³-hybridized carbons (Fsp3) is 0.0526. The number of ether oxygens (including phenoxy) is 1. The van der Waals surface area contributed by atoms with E-state index in [0.717, 1.165) is 11.3 Å². The van der Waals surface area contributed by atoms with Crippen LogP contribution in [0.5, 0.6) is 5.75 Å². The molecule has 26 heavy (non-hydrogen) atoms. The molecule has 0 aliphatic heterocycles. The van der Waals surface area contributed by atoms with Gasteiger partial charge in [-0.05, 0) is 42.5 Å². The molecule has 0 bridgehead atoms. The van der Waals surface area contributed by atoms with Gasteiger partial charge in [-0.25, -0.2) is 0 Å². The van der Waals surface area contributed by atoms with E-state index in [2.05, 4.69) is 4.98 Å². The van der Waals surface area contributed by atoms with Crippen molar-refractivity contribution in [1.29, 1.82) is 0 Å². The van der Waals surface area contributed by atoms with Crippen molar-refractivity contribution >= 4 is 52.5 Å². The molecule has 4 nitrogen and oxygen atoms in total. The average molecular weight is 406 g/mol. The van der Waals surface area contributed by atoms with E-state index in [4.69, 9.17) is 27.9 Å². The fourth-order valence-electron chi connectivity index (χ4n) is 2.26. The van der Waals surface area contributed by atoms with Crippen LogP contribution in [0, 0.1) is 0 Å². The number of hydrogen-bond acceptors (Lipinski definition) is 4. The Morgan fingerprint density at radius 3 is 2.38 bits per heavy atom. The first-order valence-corrected chi connectivity index (χ1v) is 9.10. The zero-order valence-electron chi connectivity index (χ0n) is 13.6. The van der Waals surface area contributed by atoms with Crippen molar-refractivity contribution < 1.29 is 9.53 Å². The molecule has 0 atom stereocenters. The van der Waals surface area contributed by atoms with Crippen molar-refractivity contribution in [2.75, 3.05) is 7.11 Å². The van der Waals surface area contributed by atoms with Gasteiger partial charge in [0.05, 0.1) is 16.3 Å². The van der Waals surface area contributed by atoms with Gasteiger partial charge in [-0.2, -0.15) is 0 Å². The highest BCUT2D eigenvalue weighted by Gasteiger charge is 2.06. The van der Waals surface area contributed by atoms with Crippen LogP contribution in [-0.2, 0) is 0 Å². The minimum Gasteiger partial charge on any atom is -0.497 e. The number of nitrogens with one attached hydrogen (secondary N) is 1. The van der Waals surface area contributed by atoms with Crippen molar-refractivity contribution in [3.05, 3.63) is 83.2 Å². The Hall–Kier alpha value is -2.34. The second-order valence-electron chi connectivity index (χ2n) is 5.30. The number of aromatic nitrogens is 1. The number of carbonyl (C=O) groups excluding carboxylic acids is 1. The summed E-state index contributed by atoms with van der Waals surface area (Å²) in [6.07, 6.45) is 3.00. The van der Waals surface area contributed by atoms with Gasteiger partial charge in [0.2, 0.25) is 0 Å². The van der Waals surface area contributed by atoms with Crippen LogP contribution in [0.2, 0.25) is 10.0 Å². The van der Waals surface area contributed by atoms with Crippen LogP contribution in [0.3, 0.4) is 0 Å². The predicted octanol–water partition coefficient (Wildman–Crippen LogP) is 3.24. The van der Waals surface area contributed by atoms with Crippen molar-refractivity contribution in [2.45, 2.75) is 0 Å². The van der Waals surface area contributed by atoms with Gasteiger partial charge in [-0.1, -0.05) is 29.3 Å². The summed E-state index contributed by atoms with van der Waals surface area (Å²) in [5.74, 6) is 0.451. The van der Waals surface area contributed by atoms with Gasteiger partial charge in [0, 0.05) is 27.2 Å². The normalized spacial score (nSPS) is 12.4. The summed E-state index contributed by atoms with van der Waals surface area (Å²) in [7, 11) is 1.56. The zero-order valence-corrected chi connectivity index (χ0v) is 15.9. The number of aromatic amines is 1. The molecular formula is C19H13Cl2NO3S. The maximum Gasteiger partial charge on any atom is 0.266 e. The average Bonchev–Trinajstić information content (AvgIpc) is 2.97. The number of carbonyl (C=O) groups is 1. The molecule has 0 aliphatic rings. The lowest BCUT2D eigenvalue weighted by Gasteiger charge is -1.99. The van der Waals surface area contributed by atoms with Crippen LogP contribution in [0.1, 0.15) is 15.9 Å². The maximum atomic E-state index is 12.3. The lowest BCUT2D eigenvalue weighted by atomic mass is 10.1. The molecule has 1 aromatic heterocycles. The number of rotatable bonds is 4. The summed E-state index contributed by atoms with van der Waals surface area (Å²) in [6, 6.07) is 11.9. The third-order valence-corrected chi connectivity index (χ3v) is 5.21. The largest absolute Gasteiger partial charge is 0.497 e. The molecule has 3 aromatic rings. The Balaban J connectivity index is 1.99. The lowest BCUT2D eigenvalue weighted by molar-refractivity contribution is 0.106. The second-order valence-corrected chi connectivity index (χ2v) is 7.20. The van der Waals surface area contributed by atoms with Gasteiger partial charge in [0.15, 0.2) is 5.78 Å². The van der Waals surface area contributed by atoms with Crippen LogP contribution in [0.25, 0.3) is 12.2 Å². The molecule has 2 aromatic carbocycles. The van der Waals surface area contributed by atoms with Crippen molar-refractivity contribution in [2.24, 2.45) is 0 Å². The molecule has 0 fully saturated rings. The molecule has 7 heteroatoms. The summed E-state index contributed by atoms with van der Waals surface area (Å²) < 4.78 is 5.93. The first-order valence-electron chi connectivity index (χ1n) is 7.53. The number of H-pyrrole nitrogens is 1. The molecule has 1 N–H and O–H groups in total.